The van der Waals surface area contributed by atoms with Crippen LogP contribution in [-0.2, 0) is 43.2 Å². The highest BCUT2D eigenvalue weighted by Gasteiger charge is 2.37. The number of hydrogen-bond donors (Lipinski definition) is 3. The zero-order chi connectivity index (χ0) is 41.2. The van der Waals surface area contributed by atoms with Crippen molar-refractivity contribution in [1.82, 2.24) is 10.1 Å². The summed E-state index contributed by atoms with van der Waals surface area (Å²) in [4.78, 5) is 104. The second-order valence-electron chi connectivity index (χ2n) is 10.9. The average Bonchev–Trinajstić information content (AvgIpc) is 3.55. The molecule has 0 atom stereocenters. The van der Waals surface area contributed by atoms with Crippen molar-refractivity contribution < 1.29 is 72.6 Å². The third-order valence-corrected chi connectivity index (χ3v) is 7.35. The molecule has 0 saturated heterocycles. The smallest absolute Gasteiger partial charge is 0.305 e. The first-order valence-electron chi connectivity index (χ1n) is 17.2. The van der Waals surface area contributed by atoms with Crippen molar-refractivity contribution in [2.45, 2.75) is 65.2 Å². The maximum Gasteiger partial charge on any atom is 0.305 e. The van der Waals surface area contributed by atoms with E-state index in [9.17, 15) is 38.4 Å². The molecule has 20 heteroatoms. The van der Waals surface area contributed by atoms with E-state index in [1.165, 1.54) is 0 Å². The molecule has 4 N–H and O–H groups in total. The first kappa shape index (κ1) is 51.2. The molecule has 2 heterocycles. The molecule has 0 radical (unpaired) electrons. The Morgan fingerprint density at radius 3 is 1.21 bits per heavy atom. The van der Waals surface area contributed by atoms with Gasteiger partial charge in [0.15, 0.2) is 0 Å². The van der Waals surface area contributed by atoms with Crippen molar-refractivity contribution >= 4 is 75.8 Å². The zero-order valence-electron chi connectivity index (χ0n) is 31.0. The van der Waals surface area contributed by atoms with E-state index in [0.29, 0.717) is 66.4 Å². The van der Waals surface area contributed by atoms with Gasteiger partial charge in [-0.05, 0) is 63.8 Å². The van der Waals surface area contributed by atoms with Gasteiger partial charge >= 0.3 is 23.9 Å². The number of imide groups is 2. The monoisotopic (exact) mass is 875 g/mol. The van der Waals surface area contributed by atoms with Gasteiger partial charge in [-0.15, -0.1) is 22.5 Å². The van der Waals surface area contributed by atoms with E-state index < -0.39 is 35.6 Å². The van der Waals surface area contributed by atoms with E-state index in [4.69, 9.17) is 24.6 Å². The third kappa shape index (κ3) is 18.7. The Balaban J connectivity index is 0.000000770. The SMILES string of the molecule is CCOC(=O)CCCBr.CCOC(=O)CCCON1C(=O)c2ccccc2C1=O.Cl.NOCCCC(=O)O.O=C(O)CCCON1C(=O)c2ccccc2C1=O. The number of halogens is 2. The summed E-state index contributed by atoms with van der Waals surface area (Å²) >= 11 is 3.22. The standard InChI is InChI=1S/C14H15NO5.C12H11NO5.C6H11BrO2.C4H9NO3.ClH/c1-2-19-12(16)8-5-9-20-15-13(17)10-6-3-4-7-11(10)14(15)18;14-10(15)6-3-7-18-13-11(16)8-4-1-2-5-9(8)12(13)17;1-2-9-6(8)4-3-5-7;5-8-3-1-2-4(6)7;/h3-4,6-7H,2,5,8-9H2,1H3;1-2,4-5H,3,6-7H2,(H,14,15);2-5H2,1H3;1-3,5H2,(H,6,7);1H. The lowest BCUT2D eigenvalue weighted by atomic mass is 10.1. The number of nitrogens with two attached hydrogens (primary N) is 1. The van der Waals surface area contributed by atoms with Gasteiger partial charge in [0.2, 0.25) is 0 Å². The summed E-state index contributed by atoms with van der Waals surface area (Å²) in [7, 11) is 0. The second kappa shape index (κ2) is 29.5. The molecule has 0 saturated carbocycles. The number of nitrogens with zero attached hydrogens (tertiary/aromatic N) is 2. The van der Waals surface area contributed by atoms with Gasteiger partial charge in [0.05, 0.1) is 55.3 Å². The van der Waals surface area contributed by atoms with Crippen LogP contribution in [0.2, 0.25) is 0 Å². The highest BCUT2D eigenvalue weighted by atomic mass is 79.9. The summed E-state index contributed by atoms with van der Waals surface area (Å²) in [5.74, 6) is 0.482. The fourth-order valence-corrected chi connectivity index (χ4v) is 4.58. The van der Waals surface area contributed by atoms with Crippen LogP contribution >= 0.6 is 28.3 Å². The molecular formula is C36H47BrClN3O15. The minimum absolute atomic E-state index is 0. The lowest BCUT2D eigenvalue weighted by Crippen LogP contribution is -2.30. The van der Waals surface area contributed by atoms with E-state index in [-0.39, 0.29) is 63.2 Å². The molecule has 18 nitrogen and oxygen atoms in total. The number of hydrogen-bond acceptors (Lipinski definition) is 14. The molecule has 310 valence electrons. The molecule has 0 unspecified atom stereocenters. The number of fused-ring (bicyclic) bond motifs is 2. The van der Waals surface area contributed by atoms with Crippen molar-refractivity contribution in [3.63, 3.8) is 0 Å². The topological polar surface area (TPSA) is 256 Å². The quantitative estimate of drug-likeness (QED) is 0.0576. The van der Waals surface area contributed by atoms with Crippen LogP contribution < -0.4 is 5.90 Å². The van der Waals surface area contributed by atoms with Crippen LogP contribution in [0.1, 0.15) is 107 Å². The minimum atomic E-state index is -0.944. The summed E-state index contributed by atoms with van der Waals surface area (Å²) in [5.41, 5.74) is 1.28. The highest BCUT2D eigenvalue weighted by molar-refractivity contribution is 9.09. The number of ether oxygens (including phenoxy) is 2. The van der Waals surface area contributed by atoms with E-state index in [2.05, 4.69) is 31.4 Å². The Morgan fingerprint density at radius 1 is 0.589 bits per heavy atom. The molecule has 0 bridgehead atoms. The number of carboxylic acids is 2. The maximum absolute atomic E-state index is 11.9. The number of carbonyl (C=O) groups excluding carboxylic acids is 6. The first-order chi connectivity index (χ1) is 26.3. The number of benzene rings is 2. The number of alkyl halides is 1. The van der Waals surface area contributed by atoms with Crippen LogP contribution in [0.3, 0.4) is 0 Å². The fraction of sp³-hybridized carbons (Fsp3) is 0.444. The molecule has 4 rings (SSSR count). The summed E-state index contributed by atoms with van der Waals surface area (Å²) in [6.07, 6.45) is 2.73. The lowest BCUT2D eigenvalue weighted by molar-refractivity contribution is -0.145. The Bertz CT molecular complexity index is 1540. The predicted molar refractivity (Wildman–Crippen MR) is 202 cm³/mol. The number of rotatable bonds is 19. The zero-order valence-corrected chi connectivity index (χ0v) is 33.4. The van der Waals surface area contributed by atoms with Gasteiger partial charge in [0.25, 0.3) is 23.6 Å². The maximum atomic E-state index is 11.9. The Morgan fingerprint density at radius 2 is 0.911 bits per heavy atom. The number of carbonyl (C=O) groups is 8. The van der Waals surface area contributed by atoms with Crippen molar-refractivity contribution in [3.05, 3.63) is 70.8 Å². The number of carboxylic acid groups (broad SMARTS) is 2. The van der Waals surface area contributed by atoms with Gasteiger partial charge in [-0.2, -0.15) is 0 Å². The Labute approximate surface area is 337 Å². The highest BCUT2D eigenvalue weighted by Crippen LogP contribution is 2.23. The molecule has 56 heavy (non-hydrogen) atoms. The number of aliphatic carboxylic acids is 2. The van der Waals surface area contributed by atoms with Crippen molar-refractivity contribution in [2.24, 2.45) is 5.90 Å². The fourth-order valence-electron chi connectivity index (χ4n) is 4.30. The third-order valence-electron chi connectivity index (χ3n) is 6.79. The van der Waals surface area contributed by atoms with Crippen molar-refractivity contribution in [1.29, 1.82) is 0 Å². The lowest BCUT2D eigenvalue weighted by Gasteiger charge is -2.12. The average molecular weight is 877 g/mol. The van der Waals surface area contributed by atoms with Crippen LogP contribution in [0.5, 0.6) is 0 Å². The van der Waals surface area contributed by atoms with E-state index in [1.807, 2.05) is 6.92 Å². The Kier molecular flexibility index (Phi) is 27.0. The summed E-state index contributed by atoms with van der Waals surface area (Å²) in [6.45, 7) is 4.78. The van der Waals surface area contributed by atoms with Gasteiger partial charge in [0, 0.05) is 31.0 Å². The van der Waals surface area contributed by atoms with Crippen LogP contribution in [0.25, 0.3) is 0 Å². The Hall–Kier alpha value is -4.79. The van der Waals surface area contributed by atoms with E-state index >= 15 is 0 Å². The van der Waals surface area contributed by atoms with Crippen molar-refractivity contribution in [2.75, 3.05) is 38.4 Å². The predicted octanol–water partition coefficient (Wildman–Crippen LogP) is 4.52. The normalized spacial score (nSPS) is 12.1. The van der Waals surface area contributed by atoms with Gasteiger partial charge < -0.3 is 24.5 Å². The molecule has 0 aromatic heterocycles. The molecule has 4 amide bonds. The molecule has 2 aliphatic heterocycles. The summed E-state index contributed by atoms with van der Waals surface area (Å²) in [5, 5.41) is 18.8. The van der Waals surface area contributed by atoms with Crippen LogP contribution in [0.4, 0.5) is 0 Å². The van der Waals surface area contributed by atoms with Crippen molar-refractivity contribution in [3.8, 4) is 0 Å². The van der Waals surface area contributed by atoms with Crippen LogP contribution in [-0.4, -0.2) is 106 Å². The molecule has 0 aliphatic carbocycles. The van der Waals surface area contributed by atoms with Gasteiger partial charge in [-0.3, -0.25) is 48.0 Å². The number of amides is 4. The molecule has 0 fully saturated rings. The molecule has 2 aromatic carbocycles. The van der Waals surface area contributed by atoms with Crippen LogP contribution in [0.15, 0.2) is 48.5 Å². The first-order valence-corrected chi connectivity index (χ1v) is 18.3. The van der Waals surface area contributed by atoms with E-state index in [1.54, 1.807) is 55.5 Å². The summed E-state index contributed by atoms with van der Waals surface area (Å²) < 4.78 is 9.45. The van der Waals surface area contributed by atoms with Gasteiger partial charge in [-0.25, -0.2) is 5.90 Å². The van der Waals surface area contributed by atoms with Crippen LogP contribution in [0, 0.1) is 0 Å². The second-order valence-corrected chi connectivity index (χ2v) is 11.7. The molecule has 2 aliphatic rings. The largest absolute Gasteiger partial charge is 0.481 e. The number of hydroxylamine groups is 4. The molecule has 0 spiro atoms. The van der Waals surface area contributed by atoms with Gasteiger partial charge in [0.1, 0.15) is 0 Å². The summed E-state index contributed by atoms with van der Waals surface area (Å²) in [6, 6.07) is 13.0. The van der Waals surface area contributed by atoms with Gasteiger partial charge in [-0.1, -0.05) is 40.2 Å². The van der Waals surface area contributed by atoms with E-state index in [0.717, 1.165) is 16.8 Å². The molecule has 2 aromatic rings. The number of esters is 2. The minimum Gasteiger partial charge on any atom is -0.481 e. The molecular weight excluding hydrogens is 830 g/mol.